The van der Waals surface area contributed by atoms with Crippen LogP contribution in [-0.4, -0.2) is 35.3 Å². The zero-order valence-electron chi connectivity index (χ0n) is 20.1. The molecule has 2 saturated carbocycles. The second-order valence-corrected chi connectivity index (χ2v) is 10.6. The van der Waals surface area contributed by atoms with E-state index in [1.807, 2.05) is 0 Å². The monoisotopic (exact) mass is 446 g/mol. The fourth-order valence-corrected chi connectivity index (χ4v) is 7.74. The molecule has 0 saturated heterocycles. The number of aldehydes is 1. The van der Waals surface area contributed by atoms with E-state index in [2.05, 4.69) is 39.0 Å². The van der Waals surface area contributed by atoms with Crippen LogP contribution >= 0.6 is 23.8 Å². The van der Waals surface area contributed by atoms with Crippen LogP contribution in [0.15, 0.2) is 34.9 Å². The molecule has 0 heterocycles. The highest BCUT2D eigenvalue weighted by atomic mass is 32.2. The first kappa shape index (κ1) is 20.3. The third kappa shape index (κ3) is 3.52. The van der Waals surface area contributed by atoms with Gasteiger partial charge in [0.05, 0.1) is 12.2 Å². The fraction of sp³-hybridized carbons (Fsp3) is 0.696. The van der Waals surface area contributed by atoms with Crippen molar-refractivity contribution in [2.75, 3.05) is 0 Å². The van der Waals surface area contributed by atoms with Crippen LogP contribution in [0.25, 0.3) is 0 Å². The molecule has 0 aliphatic heterocycles. The summed E-state index contributed by atoms with van der Waals surface area (Å²) in [5.74, 6) is 1.21. The summed E-state index contributed by atoms with van der Waals surface area (Å²) in [6, 6.07) is 0. The smallest absolute Gasteiger partial charge is 0.209 e. The van der Waals surface area contributed by atoms with Gasteiger partial charge in [-0.05, 0) is 51.5 Å². The quantitative estimate of drug-likeness (QED) is 0.217. The maximum absolute atomic E-state index is 11.2. The van der Waals surface area contributed by atoms with Gasteiger partial charge in [-0.15, -0.1) is 0 Å². The number of carbonyl (C=O) groups is 1. The molecule has 7 heteroatoms. The van der Waals surface area contributed by atoms with Crippen LogP contribution in [0.5, 0.6) is 0 Å². The lowest BCUT2D eigenvalue weighted by atomic mass is 9.49. The predicted molar refractivity (Wildman–Crippen MR) is 130 cm³/mol. The van der Waals surface area contributed by atoms with E-state index in [0.717, 1.165) is 62.2 Å². The lowest BCUT2D eigenvalue weighted by Gasteiger charge is -2.57. The molecule has 3 nitrogen and oxygen atoms in total. The van der Waals surface area contributed by atoms with E-state index in [4.69, 9.17) is 11.0 Å². The van der Waals surface area contributed by atoms with Crippen molar-refractivity contribution in [1.29, 1.82) is 2.67 Å². The van der Waals surface area contributed by atoms with Gasteiger partial charge >= 0.3 is 0 Å². The molecule has 0 spiro atoms. The molecule has 4 aliphatic rings. The predicted octanol–water partition coefficient (Wildman–Crippen LogP) is 4.94. The second kappa shape index (κ2) is 8.88. The highest BCUT2D eigenvalue weighted by molar-refractivity contribution is 8.16. The van der Waals surface area contributed by atoms with E-state index < -0.39 is 0 Å². The first-order valence-electron chi connectivity index (χ1n) is 12.1. The minimum Gasteiger partial charge on any atom is -0.324 e. The van der Waals surface area contributed by atoms with Gasteiger partial charge < -0.3 is 13.2 Å². The summed E-state index contributed by atoms with van der Waals surface area (Å²) in [6.45, 7) is 6.96. The number of hydrogen-bond acceptors (Lipinski definition) is 5. The topological polar surface area (TPSA) is 35.5 Å². The SMILES string of the molecule is [3H][B]SO[C@@H]1CC2=CC=C3C(CC[C@]4(C)C([C@@H](C)CC=O)=CCC34)[C@@]2(C)[C@@H](OS[B][3H])C1. The maximum Gasteiger partial charge on any atom is 0.209 e. The molecule has 30 heavy (non-hydrogen) atoms. The maximum atomic E-state index is 11.2. The molecule has 160 valence electrons. The molecular weight excluding hydrogens is 410 g/mol. The minimum atomic E-state index is -0.117. The van der Waals surface area contributed by atoms with Crippen molar-refractivity contribution in [3.63, 3.8) is 0 Å². The van der Waals surface area contributed by atoms with E-state index in [-0.39, 0.29) is 23.0 Å². The van der Waals surface area contributed by atoms with Gasteiger partial charge in [-0.2, -0.15) is 0 Å². The van der Waals surface area contributed by atoms with Crippen LogP contribution in [0.1, 0.15) is 59.3 Å². The van der Waals surface area contributed by atoms with Crippen LogP contribution in [0.3, 0.4) is 0 Å². The van der Waals surface area contributed by atoms with Gasteiger partial charge in [0, 0.05) is 18.3 Å². The first-order chi connectivity index (χ1) is 15.4. The average Bonchev–Trinajstić information content (AvgIpc) is 3.13. The highest BCUT2D eigenvalue weighted by Crippen LogP contribution is 2.65. The highest BCUT2D eigenvalue weighted by Gasteiger charge is 2.57. The van der Waals surface area contributed by atoms with Crippen molar-refractivity contribution in [3.8, 4) is 0 Å². The van der Waals surface area contributed by atoms with E-state index >= 15 is 0 Å². The van der Waals surface area contributed by atoms with Crippen LogP contribution in [0, 0.1) is 28.6 Å². The van der Waals surface area contributed by atoms with Crippen molar-refractivity contribution in [1.82, 2.24) is 0 Å². The Hall–Kier alpha value is -0.360. The summed E-state index contributed by atoms with van der Waals surface area (Å²) in [7, 11) is 2.48. The summed E-state index contributed by atoms with van der Waals surface area (Å²) in [4.78, 5) is 11.2. The molecule has 0 aromatic carbocycles. The third-order valence-corrected chi connectivity index (χ3v) is 9.32. The number of carbonyl (C=O) groups excluding carboxylic acids is 1. The normalized spacial score (nSPS) is 41.6. The van der Waals surface area contributed by atoms with Crippen LogP contribution in [-0.2, 0) is 13.2 Å². The molecule has 7 atom stereocenters. The molecule has 0 aromatic rings. The lowest BCUT2D eigenvalue weighted by Crippen LogP contribution is -2.52. The van der Waals surface area contributed by atoms with Gasteiger partial charge in [0.2, 0.25) is 14.2 Å². The van der Waals surface area contributed by atoms with Crippen LogP contribution < -0.4 is 0 Å². The van der Waals surface area contributed by atoms with Crippen molar-refractivity contribution in [3.05, 3.63) is 34.9 Å². The van der Waals surface area contributed by atoms with Crippen LogP contribution in [0.4, 0.5) is 0 Å². The zero-order valence-corrected chi connectivity index (χ0v) is 19.8. The molecule has 4 aliphatic carbocycles. The van der Waals surface area contributed by atoms with Gasteiger partial charge in [0.15, 0.2) is 0 Å². The van der Waals surface area contributed by atoms with Gasteiger partial charge in [0.1, 0.15) is 6.29 Å². The molecule has 4 rings (SSSR count). The lowest BCUT2D eigenvalue weighted by molar-refractivity contribution is -0.108. The fourth-order valence-electron chi connectivity index (χ4n) is 7.02. The molecule has 2 radical (unpaired) electrons. The Labute approximate surface area is 195 Å². The Morgan fingerprint density at radius 2 is 2.10 bits per heavy atom. The largest absolute Gasteiger partial charge is 0.324 e. The van der Waals surface area contributed by atoms with E-state index in [0.29, 0.717) is 24.2 Å². The molecule has 2 unspecified atom stereocenters. The summed E-state index contributed by atoms with van der Waals surface area (Å²) >= 11 is 2.19. The van der Waals surface area contributed by atoms with Crippen molar-refractivity contribution in [2.24, 2.45) is 28.6 Å². The zero-order chi connectivity index (χ0) is 22.9. The number of fused-ring (bicyclic) bond motifs is 5. The van der Waals surface area contributed by atoms with Crippen LogP contribution in [0.2, 0.25) is 0 Å². The Kier molecular flexibility index (Phi) is 6.00. The summed E-state index contributed by atoms with van der Waals surface area (Å²) in [5, 5.41) is 0. The number of rotatable bonds is 9. The molecular formula is C23H32B2O3S2. The van der Waals surface area contributed by atoms with Gasteiger partial charge in [-0.3, -0.25) is 0 Å². The Morgan fingerprint density at radius 3 is 2.87 bits per heavy atom. The average molecular weight is 446 g/mol. The number of hydrogen-bond donors (Lipinski definition) is 0. The van der Waals surface area contributed by atoms with E-state index in [1.54, 1.807) is 0 Å². The Morgan fingerprint density at radius 1 is 1.30 bits per heavy atom. The number of allylic oxidation sites excluding steroid dienone is 5. The molecule has 2 fully saturated rings. The van der Waals surface area contributed by atoms with E-state index in [9.17, 15) is 4.79 Å². The molecule has 0 aromatic heterocycles. The molecule has 0 bridgehead atoms. The van der Waals surface area contributed by atoms with Crippen molar-refractivity contribution < 1.29 is 13.2 Å². The standard InChI is InChI=1S/C23H32B2O3S2/c1-14(9-11-26)18-6-7-19-17-5-4-15-12-16(27-29-24)13-21(28-30-25)23(15,3)20(17)8-10-22(18,19)2/h4-6,11,14,16,19-21,24-25H,7-10,12-13H2,1-3H3/t14-,16+,19?,20?,21-,22+,23-/m0/s1/i24T,25T. The minimum absolute atomic E-state index is 0.00463. The summed E-state index contributed by atoms with van der Waals surface area (Å²) in [6.07, 6.45) is 13.6. The Bertz CT molecular complexity index is 823. The van der Waals surface area contributed by atoms with E-state index in [1.165, 1.54) is 30.9 Å². The third-order valence-electron chi connectivity index (χ3n) is 8.59. The second-order valence-electron chi connectivity index (χ2n) is 9.84. The van der Waals surface area contributed by atoms with Gasteiger partial charge in [-0.25, -0.2) is 0 Å². The summed E-state index contributed by atoms with van der Waals surface area (Å²) in [5.41, 5.74) is 4.40. The van der Waals surface area contributed by atoms with Crippen molar-refractivity contribution >= 4 is 44.3 Å². The molecule has 0 N–H and O–H groups in total. The summed E-state index contributed by atoms with van der Waals surface area (Å²) < 4.78 is 26.8. The Balaban J connectivity index is 1.64. The molecule has 0 amide bonds. The van der Waals surface area contributed by atoms with Crippen molar-refractivity contribution in [2.45, 2.75) is 71.5 Å². The van der Waals surface area contributed by atoms with Gasteiger partial charge in [-0.1, -0.05) is 79.5 Å². The van der Waals surface area contributed by atoms with Gasteiger partial charge in [0.25, 0.3) is 0 Å². The first-order valence-corrected chi connectivity index (χ1v) is 12.6.